The normalized spacial score (nSPS) is 11.8. The average Bonchev–Trinajstić information content (AvgIpc) is 2.90. The number of rotatable bonds is 4. The minimum absolute atomic E-state index is 0.334. The Kier molecular flexibility index (Phi) is 6.18. The van der Waals surface area contributed by atoms with E-state index in [1.54, 1.807) is 47.8 Å². The Hall–Kier alpha value is -3.48. The summed E-state index contributed by atoms with van der Waals surface area (Å²) in [6, 6.07) is 27.9. The van der Waals surface area contributed by atoms with Crippen LogP contribution >= 0.6 is 23.5 Å². The Morgan fingerprint density at radius 2 is 0.853 bits per heavy atom. The van der Waals surface area contributed by atoms with Crippen LogP contribution in [-0.4, -0.2) is 26.2 Å². The monoisotopic (exact) mass is 484 g/mol. The van der Waals surface area contributed by atoms with E-state index in [1.165, 1.54) is 33.8 Å². The lowest BCUT2D eigenvalue weighted by atomic mass is 10.0. The Balaban J connectivity index is 1.38. The third kappa shape index (κ3) is 4.34. The maximum atomic E-state index is 11.7. The standard InChI is InChI=1S/C28H20O4S2/c1-31-27(29)19-7-3-17(4-8-19)21-11-13-23-25(15-21)33-24-14-12-22(16-26(24)34-23)18-5-9-20(10-6-18)28(30)32-2/h3-16H,1-2H3. The molecule has 0 unspecified atom stereocenters. The maximum absolute atomic E-state index is 11.7. The Labute approximate surface area is 206 Å². The van der Waals surface area contributed by atoms with Gasteiger partial charge in [0.05, 0.1) is 25.3 Å². The summed E-state index contributed by atoms with van der Waals surface area (Å²) in [7, 11) is 2.77. The fourth-order valence-electron chi connectivity index (χ4n) is 3.77. The molecule has 0 aliphatic carbocycles. The Morgan fingerprint density at radius 1 is 0.500 bits per heavy atom. The number of hydrogen-bond donors (Lipinski definition) is 0. The van der Waals surface area contributed by atoms with Crippen LogP contribution in [0.5, 0.6) is 0 Å². The van der Waals surface area contributed by atoms with Gasteiger partial charge in [-0.05, 0) is 70.8 Å². The zero-order chi connectivity index (χ0) is 23.7. The third-order valence-corrected chi connectivity index (χ3v) is 8.13. The second kappa shape index (κ2) is 9.41. The van der Waals surface area contributed by atoms with Crippen LogP contribution in [0.15, 0.2) is 105 Å². The summed E-state index contributed by atoms with van der Waals surface area (Å²) in [5.74, 6) is -0.668. The van der Waals surface area contributed by atoms with Crippen molar-refractivity contribution in [3.63, 3.8) is 0 Å². The molecule has 4 nitrogen and oxygen atoms in total. The van der Waals surface area contributed by atoms with E-state index in [-0.39, 0.29) is 11.9 Å². The van der Waals surface area contributed by atoms with Crippen molar-refractivity contribution in [1.82, 2.24) is 0 Å². The minimum atomic E-state index is -0.334. The summed E-state index contributed by atoms with van der Waals surface area (Å²) in [4.78, 5) is 28.2. The molecule has 5 rings (SSSR count). The molecule has 0 aromatic heterocycles. The number of carbonyl (C=O) groups is 2. The number of benzene rings is 4. The first kappa shape index (κ1) is 22.3. The molecule has 1 heterocycles. The second-order valence-corrected chi connectivity index (χ2v) is 9.83. The van der Waals surface area contributed by atoms with Crippen molar-refractivity contribution in [2.75, 3.05) is 14.2 Å². The number of methoxy groups -OCH3 is 2. The molecule has 0 N–H and O–H groups in total. The number of ether oxygens (including phenoxy) is 2. The van der Waals surface area contributed by atoms with E-state index < -0.39 is 0 Å². The highest BCUT2D eigenvalue weighted by Gasteiger charge is 2.19. The smallest absolute Gasteiger partial charge is 0.337 e. The molecule has 0 fully saturated rings. The first-order valence-electron chi connectivity index (χ1n) is 10.6. The van der Waals surface area contributed by atoms with Gasteiger partial charge in [-0.2, -0.15) is 0 Å². The van der Waals surface area contributed by atoms with Crippen LogP contribution in [-0.2, 0) is 9.47 Å². The SMILES string of the molecule is COC(=O)c1ccc(-c2ccc3c(c2)Sc2ccc(-c4ccc(C(=O)OC)cc4)cc2S3)cc1. The molecule has 1 aliphatic rings. The summed E-state index contributed by atoms with van der Waals surface area (Å²) in [5.41, 5.74) is 5.40. The van der Waals surface area contributed by atoms with Crippen LogP contribution in [0.3, 0.4) is 0 Å². The van der Waals surface area contributed by atoms with Crippen molar-refractivity contribution in [2.24, 2.45) is 0 Å². The van der Waals surface area contributed by atoms with Crippen LogP contribution in [0.4, 0.5) is 0 Å². The molecule has 0 spiro atoms. The highest BCUT2D eigenvalue weighted by molar-refractivity contribution is 8.05. The van der Waals surface area contributed by atoms with Gasteiger partial charge in [0.15, 0.2) is 0 Å². The van der Waals surface area contributed by atoms with E-state index in [0.29, 0.717) is 11.1 Å². The molecule has 0 atom stereocenters. The van der Waals surface area contributed by atoms with E-state index in [1.807, 2.05) is 24.3 Å². The van der Waals surface area contributed by atoms with Gasteiger partial charge in [0.1, 0.15) is 0 Å². The van der Waals surface area contributed by atoms with Gasteiger partial charge in [-0.15, -0.1) is 0 Å². The molecule has 0 radical (unpaired) electrons. The van der Waals surface area contributed by atoms with E-state index in [4.69, 9.17) is 9.47 Å². The summed E-state index contributed by atoms with van der Waals surface area (Å²) in [6.07, 6.45) is 0. The Morgan fingerprint density at radius 3 is 1.21 bits per heavy atom. The van der Waals surface area contributed by atoms with Crippen LogP contribution in [0, 0.1) is 0 Å². The summed E-state index contributed by atoms with van der Waals surface area (Å²) in [6.45, 7) is 0. The van der Waals surface area contributed by atoms with Gasteiger partial charge >= 0.3 is 11.9 Å². The lowest BCUT2D eigenvalue weighted by Gasteiger charge is -2.20. The lowest BCUT2D eigenvalue weighted by Crippen LogP contribution is -2.00. The van der Waals surface area contributed by atoms with Crippen molar-refractivity contribution >= 4 is 35.5 Å². The largest absolute Gasteiger partial charge is 0.465 e. The average molecular weight is 485 g/mol. The lowest BCUT2D eigenvalue weighted by molar-refractivity contribution is 0.0592. The van der Waals surface area contributed by atoms with Gasteiger partial charge in [-0.25, -0.2) is 9.59 Å². The number of fused-ring (bicyclic) bond motifs is 2. The summed E-state index contributed by atoms with van der Waals surface area (Å²) >= 11 is 3.52. The van der Waals surface area contributed by atoms with Gasteiger partial charge in [0, 0.05) is 19.6 Å². The third-order valence-electron chi connectivity index (χ3n) is 5.61. The van der Waals surface area contributed by atoms with Crippen LogP contribution < -0.4 is 0 Å². The second-order valence-electron chi connectivity index (χ2n) is 7.67. The fourth-order valence-corrected chi connectivity index (χ4v) is 6.05. The molecule has 34 heavy (non-hydrogen) atoms. The van der Waals surface area contributed by atoms with Gasteiger partial charge in [-0.3, -0.25) is 0 Å². The topological polar surface area (TPSA) is 52.6 Å². The maximum Gasteiger partial charge on any atom is 0.337 e. The number of hydrogen-bond acceptors (Lipinski definition) is 6. The number of esters is 2. The van der Waals surface area contributed by atoms with Crippen molar-refractivity contribution in [3.8, 4) is 22.3 Å². The van der Waals surface area contributed by atoms with E-state index in [2.05, 4.69) is 36.4 Å². The molecular formula is C28H20O4S2. The van der Waals surface area contributed by atoms with E-state index in [0.717, 1.165) is 22.3 Å². The minimum Gasteiger partial charge on any atom is -0.465 e. The predicted molar refractivity (Wildman–Crippen MR) is 135 cm³/mol. The predicted octanol–water partition coefficient (Wildman–Crippen LogP) is 7.21. The molecular weight excluding hydrogens is 464 g/mol. The molecule has 168 valence electrons. The summed E-state index contributed by atoms with van der Waals surface area (Å²) < 4.78 is 9.56. The zero-order valence-electron chi connectivity index (χ0n) is 18.5. The molecule has 4 aromatic rings. The van der Waals surface area contributed by atoms with Gasteiger partial charge in [0.2, 0.25) is 0 Å². The Bertz CT molecular complexity index is 1280. The highest BCUT2D eigenvalue weighted by Crippen LogP contribution is 2.50. The van der Waals surface area contributed by atoms with Gasteiger partial charge in [0.25, 0.3) is 0 Å². The van der Waals surface area contributed by atoms with E-state index >= 15 is 0 Å². The molecule has 0 amide bonds. The molecule has 4 aromatic carbocycles. The fraction of sp³-hybridized carbons (Fsp3) is 0.0714. The van der Waals surface area contributed by atoms with Gasteiger partial charge in [-0.1, -0.05) is 59.9 Å². The van der Waals surface area contributed by atoms with Crippen molar-refractivity contribution in [1.29, 1.82) is 0 Å². The quantitative estimate of drug-likeness (QED) is 0.251. The van der Waals surface area contributed by atoms with Crippen LogP contribution in [0.1, 0.15) is 20.7 Å². The van der Waals surface area contributed by atoms with E-state index in [9.17, 15) is 9.59 Å². The van der Waals surface area contributed by atoms with Crippen LogP contribution in [0.2, 0.25) is 0 Å². The molecule has 6 heteroatoms. The first-order chi connectivity index (χ1) is 16.6. The molecule has 0 bridgehead atoms. The van der Waals surface area contributed by atoms with Gasteiger partial charge < -0.3 is 9.47 Å². The zero-order valence-corrected chi connectivity index (χ0v) is 20.2. The molecule has 1 aliphatic heterocycles. The molecule has 0 saturated carbocycles. The first-order valence-corrected chi connectivity index (χ1v) is 12.2. The molecule has 0 saturated heterocycles. The number of carbonyl (C=O) groups excluding carboxylic acids is 2. The van der Waals surface area contributed by atoms with Crippen molar-refractivity contribution in [2.45, 2.75) is 19.6 Å². The highest BCUT2D eigenvalue weighted by atomic mass is 32.2. The summed E-state index contributed by atoms with van der Waals surface area (Å²) in [5, 5.41) is 0. The van der Waals surface area contributed by atoms with Crippen LogP contribution in [0.25, 0.3) is 22.3 Å². The van der Waals surface area contributed by atoms with Crippen molar-refractivity contribution in [3.05, 3.63) is 96.1 Å². The van der Waals surface area contributed by atoms with Crippen molar-refractivity contribution < 1.29 is 19.1 Å².